The molecular formula is C21H18N6. The minimum Gasteiger partial charge on any atom is -0.282 e. The summed E-state index contributed by atoms with van der Waals surface area (Å²) >= 11 is 0. The summed E-state index contributed by atoms with van der Waals surface area (Å²) in [4.78, 5) is 14.2. The Balaban J connectivity index is 1.82. The molecule has 0 N–H and O–H groups in total. The highest BCUT2D eigenvalue weighted by atomic mass is 15.3. The van der Waals surface area contributed by atoms with Gasteiger partial charge in [0.2, 0.25) is 0 Å². The highest BCUT2D eigenvalue weighted by Gasteiger charge is 2.19. The zero-order valence-electron chi connectivity index (χ0n) is 15.4. The third kappa shape index (κ3) is 2.33. The number of hydrogen-bond donors (Lipinski definition) is 0. The summed E-state index contributed by atoms with van der Waals surface area (Å²) in [6.07, 6.45) is 1.72. The fourth-order valence-corrected chi connectivity index (χ4v) is 3.50. The van der Waals surface area contributed by atoms with Gasteiger partial charge in [-0.2, -0.15) is 0 Å². The average Bonchev–Trinajstić information content (AvgIpc) is 3.22. The van der Waals surface area contributed by atoms with Crippen molar-refractivity contribution in [1.82, 2.24) is 29.1 Å². The Kier molecular flexibility index (Phi) is 3.33. The predicted octanol–water partition coefficient (Wildman–Crippen LogP) is 4.06. The standard InChI is InChI=1S/C21H18N6/c1-13-8-7-11-17(23-13)27-15(3)14(2)18-20(27)22-12-26-21(18)24-19(25-26)16-9-5-4-6-10-16/h4-12H,1-3H3. The quantitative estimate of drug-likeness (QED) is 0.480. The second-order valence-electron chi connectivity index (χ2n) is 6.70. The molecule has 0 amide bonds. The van der Waals surface area contributed by atoms with Gasteiger partial charge < -0.3 is 0 Å². The fourth-order valence-electron chi connectivity index (χ4n) is 3.50. The summed E-state index contributed by atoms with van der Waals surface area (Å²) in [6.45, 7) is 6.18. The van der Waals surface area contributed by atoms with E-state index in [1.54, 1.807) is 10.8 Å². The Morgan fingerprint density at radius 3 is 2.41 bits per heavy atom. The highest BCUT2D eigenvalue weighted by molar-refractivity contribution is 5.95. The van der Waals surface area contributed by atoms with E-state index in [9.17, 15) is 0 Å². The Bertz CT molecular complexity index is 1300. The van der Waals surface area contributed by atoms with E-state index >= 15 is 0 Å². The first-order valence-corrected chi connectivity index (χ1v) is 8.86. The first-order valence-electron chi connectivity index (χ1n) is 8.86. The first kappa shape index (κ1) is 15.7. The van der Waals surface area contributed by atoms with Gasteiger partial charge in [-0.3, -0.25) is 4.57 Å². The van der Waals surface area contributed by atoms with Crippen LogP contribution in [0.1, 0.15) is 17.0 Å². The second-order valence-corrected chi connectivity index (χ2v) is 6.70. The van der Waals surface area contributed by atoms with E-state index in [2.05, 4.69) is 33.5 Å². The second kappa shape index (κ2) is 5.74. The van der Waals surface area contributed by atoms with Crippen molar-refractivity contribution in [2.24, 2.45) is 0 Å². The maximum Gasteiger partial charge on any atom is 0.182 e. The summed E-state index contributed by atoms with van der Waals surface area (Å²) < 4.78 is 3.85. The molecule has 0 spiro atoms. The van der Waals surface area contributed by atoms with E-state index in [0.29, 0.717) is 5.82 Å². The molecule has 1 aromatic carbocycles. The molecule has 0 aliphatic carbocycles. The van der Waals surface area contributed by atoms with Crippen LogP contribution in [0.2, 0.25) is 0 Å². The molecule has 132 valence electrons. The molecular weight excluding hydrogens is 336 g/mol. The van der Waals surface area contributed by atoms with Gasteiger partial charge in [0.25, 0.3) is 0 Å². The highest BCUT2D eigenvalue weighted by Crippen LogP contribution is 2.30. The van der Waals surface area contributed by atoms with Crippen LogP contribution in [-0.4, -0.2) is 29.1 Å². The largest absolute Gasteiger partial charge is 0.282 e. The van der Waals surface area contributed by atoms with E-state index in [-0.39, 0.29) is 0 Å². The molecule has 0 aliphatic heterocycles. The molecule has 5 aromatic rings. The molecule has 0 saturated heterocycles. The Morgan fingerprint density at radius 2 is 1.63 bits per heavy atom. The van der Waals surface area contributed by atoms with E-state index in [1.165, 1.54) is 0 Å². The monoisotopic (exact) mass is 354 g/mol. The molecule has 4 heterocycles. The van der Waals surface area contributed by atoms with Gasteiger partial charge >= 0.3 is 0 Å². The average molecular weight is 354 g/mol. The lowest BCUT2D eigenvalue weighted by molar-refractivity contribution is 0.916. The van der Waals surface area contributed by atoms with Crippen LogP contribution in [0.5, 0.6) is 0 Å². The number of nitrogens with zero attached hydrogens (tertiary/aromatic N) is 6. The smallest absolute Gasteiger partial charge is 0.182 e. The number of hydrogen-bond acceptors (Lipinski definition) is 4. The van der Waals surface area contributed by atoms with Crippen LogP contribution >= 0.6 is 0 Å². The topological polar surface area (TPSA) is 60.9 Å². The van der Waals surface area contributed by atoms with Crippen molar-refractivity contribution in [3.63, 3.8) is 0 Å². The number of rotatable bonds is 2. The van der Waals surface area contributed by atoms with Crippen molar-refractivity contribution in [3.05, 3.63) is 71.8 Å². The number of fused-ring (bicyclic) bond motifs is 3. The van der Waals surface area contributed by atoms with Crippen molar-refractivity contribution in [2.45, 2.75) is 20.8 Å². The van der Waals surface area contributed by atoms with Gasteiger partial charge in [-0.1, -0.05) is 36.4 Å². The van der Waals surface area contributed by atoms with Crippen LogP contribution in [0, 0.1) is 20.8 Å². The van der Waals surface area contributed by atoms with Gasteiger partial charge in [-0.25, -0.2) is 19.5 Å². The molecule has 0 saturated carbocycles. The van der Waals surface area contributed by atoms with Gasteiger partial charge in [0.05, 0.1) is 5.39 Å². The van der Waals surface area contributed by atoms with E-state index in [4.69, 9.17) is 4.98 Å². The SMILES string of the molecule is Cc1cccc(-n2c(C)c(C)c3c2ncn2nc(-c4ccccc4)nc32)n1. The fraction of sp³-hybridized carbons (Fsp3) is 0.143. The summed E-state index contributed by atoms with van der Waals surface area (Å²) in [5.74, 6) is 1.56. The van der Waals surface area contributed by atoms with E-state index in [1.807, 2.05) is 55.5 Å². The zero-order valence-corrected chi connectivity index (χ0v) is 15.4. The lowest BCUT2D eigenvalue weighted by Crippen LogP contribution is -2.02. The van der Waals surface area contributed by atoms with Gasteiger partial charge in [0.1, 0.15) is 12.1 Å². The van der Waals surface area contributed by atoms with Crippen molar-refractivity contribution in [2.75, 3.05) is 0 Å². The summed E-state index contributed by atoms with van der Waals surface area (Å²) in [7, 11) is 0. The molecule has 6 nitrogen and oxygen atoms in total. The maximum absolute atomic E-state index is 4.82. The molecule has 27 heavy (non-hydrogen) atoms. The van der Waals surface area contributed by atoms with Crippen LogP contribution in [0.15, 0.2) is 54.9 Å². The number of aryl methyl sites for hydroxylation is 2. The number of benzene rings is 1. The molecule has 0 bridgehead atoms. The van der Waals surface area contributed by atoms with Crippen LogP contribution < -0.4 is 0 Å². The molecule has 0 atom stereocenters. The van der Waals surface area contributed by atoms with E-state index < -0.39 is 0 Å². The molecule has 0 aliphatic rings. The molecule has 5 rings (SSSR count). The number of aromatic nitrogens is 6. The van der Waals surface area contributed by atoms with Crippen LogP contribution in [0.4, 0.5) is 0 Å². The van der Waals surface area contributed by atoms with Gasteiger partial charge in [-0.15, -0.1) is 5.10 Å². The Morgan fingerprint density at radius 1 is 0.815 bits per heavy atom. The summed E-state index contributed by atoms with van der Waals surface area (Å²) in [6, 6.07) is 16.0. The van der Waals surface area contributed by atoms with Crippen molar-refractivity contribution in [1.29, 1.82) is 0 Å². The lowest BCUT2D eigenvalue weighted by atomic mass is 10.2. The minimum atomic E-state index is 0.698. The normalized spacial score (nSPS) is 11.5. The molecule has 0 radical (unpaired) electrons. The summed E-state index contributed by atoms with van der Waals surface area (Å²) in [5, 5.41) is 5.63. The predicted molar refractivity (Wildman–Crippen MR) is 105 cm³/mol. The van der Waals surface area contributed by atoms with E-state index in [0.717, 1.165) is 45.0 Å². The Labute approximate surface area is 156 Å². The third-order valence-electron chi connectivity index (χ3n) is 4.97. The molecule has 0 fully saturated rings. The van der Waals surface area contributed by atoms with Crippen LogP contribution in [-0.2, 0) is 0 Å². The zero-order chi connectivity index (χ0) is 18.5. The minimum absolute atomic E-state index is 0.698. The van der Waals surface area contributed by atoms with Gasteiger partial charge in [0, 0.05) is 17.0 Å². The van der Waals surface area contributed by atoms with Crippen molar-refractivity contribution in [3.8, 4) is 17.2 Å². The number of pyridine rings is 1. The molecule has 0 unspecified atom stereocenters. The lowest BCUT2D eigenvalue weighted by Gasteiger charge is -2.07. The van der Waals surface area contributed by atoms with Crippen LogP contribution in [0.3, 0.4) is 0 Å². The van der Waals surface area contributed by atoms with Crippen molar-refractivity contribution < 1.29 is 0 Å². The summed E-state index contributed by atoms with van der Waals surface area (Å²) in [5.41, 5.74) is 5.87. The van der Waals surface area contributed by atoms with Gasteiger partial charge in [0.15, 0.2) is 17.1 Å². The molecule has 6 heteroatoms. The van der Waals surface area contributed by atoms with Gasteiger partial charge in [-0.05, 0) is 38.5 Å². The first-order chi connectivity index (χ1) is 13.1. The Hall–Kier alpha value is -3.54. The van der Waals surface area contributed by atoms with Crippen molar-refractivity contribution >= 4 is 16.7 Å². The van der Waals surface area contributed by atoms with Crippen LogP contribution in [0.25, 0.3) is 33.9 Å². The molecule has 4 aromatic heterocycles. The maximum atomic E-state index is 4.82. The third-order valence-corrected chi connectivity index (χ3v) is 4.97.